The van der Waals surface area contributed by atoms with Crippen molar-refractivity contribution in [2.75, 3.05) is 0 Å². The number of alkyl halides is 4. The molecule has 0 fully saturated rings. The molecule has 1 unspecified atom stereocenters. The van der Waals surface area contributed by atoms with Crippen LogP contribution in [0.4, 0.5) is 13.2 Å². The summed E-state index contributed by atoms with van der Waals surface area (Å²) in [7, 11) is 0. The van der Waals surface area contributed by atoms with Crippen LogP contribution in [-0.4, -0.2) is 5.38 Å². The standard InChI is InChI=1S/C16H18ClF3/c1-10-6-12(16(18,19)20)4-5-14(10)11-7-13(17)9-15(2,3)8-11/h4-7,13H,8-9H2,1-3H3. The van der Waals surface area contributed by atoms with Crippen LogP contribution >= 0.6 is 11.6 Å². The van der Waals surface area contributed by atoms with E-state index in [1.54, 1.807) is 13.0 Å². The molecule has 1 aliphatic carbocycles. The van der Waals surface area contributed by atoms with Crippen molar-refractivity contribution in [2.45, 2.75) is 45.2 Å². The molecule has 0 aromatic heterocycles. The lowest BCUT2D eigenvalue weighted by molar-refractivity contribution is -0.137. The molecule has 110 valence electrons. The summed E-state index contributed by atoms with van der Waals surface area (Å²) in [5, 5.41) is -0.0598. The van der Waals surface area contributed by atoms with Crippen molar-refractivity contribution in [3.05, 3.63) is 41.0 Å². The normalized spacial score (nSPS) is 22.6. The van der Waals surface area contributed by atoms with Gasteiger partial charge in [0.25, 0.3) is 0 Å². The highest BCUT2D eigenvalue weighted by molar-refractivity contribution is 6.22. The summed E-state index contributed by atoms with van der Waals surface area (Å²) in [4.78, 5) is 0. The maximum absolute atomic E-state index is 12.7. The molecule has 0 amide bonds. The summed E-state index contributed by atoms with van der Waals surface area (Å²) in [5.74, 6) is 0. The van der Waals surface area contributed by atoms with E-state index in [2.05, 4.69) is 13.8 Å². The fourth-order valence-corrected chi connectivity index (χ4v) is 3.41. The van der Waals surface area contributed by atoms with E-state index in [1.165, 1.54) is 6.07 Å². The highest BCUT2D eigenvalue weighted by Gasteiger charge is 2.32. The minimum Gasteiger partial charge on any atom is -0.166 e. The van der Waals surface area contributed by atoms with E-state index in [0.29, 0.717) is 5.56 Å². The fourth-order valence-electron chi connectivity index (χ4n) is 2.84. The number of rotatable bonds is 1. The molecule has 0 bridgehead atoms. The molecule has 0 saturated carbocycles. The lowest BCUT2D eigenvalue weighted by Crippen LogP contribution is -2.22. The second kappa shape index (κ2) is 5.10. The van der Waals surface area contributed by atoms with Crippen LogP contribution in [0.2, 0.25) is 0 Å². The van der Waals surface area contributed by atoms with E-state index < -0.39 is 11.7 Å². The molecule has 1 aliphatic rings. The largest absolute Gasteiger partial charge is 0.416 e. The quantitative estimate of drug-likeness (QED) is 0.573. The Morgan fingerprint density at radius 1 is 1.25 bits per heavy atom. The van der Waals surface area contributed by atoms with Gasteiger partial charge in [0.1, 0.15) is 0 Å². The molecular formula is C16H18ClF3. The Kier molecular flexibility index (Phi) is 3.94. The zero-order chi connectivity index (χ0) is 15.1. The van der Waals surface area contributed by atoms with Crippen molar-refractivity contribution >= 4 is 17.2 Å². The Bertz CT molecular complexity index is 541. The van der Waals surface area contributed by atoms with Gasteiger partial charge in [0.05, 0.1) is 10.9 Å². The molecule has 0 nitrogen and oxygen atoms in total. The number of aryl methyl sites for hydroxylation is 1. The van der Waals surface area contributed by atoms with E-state index >= 15 is 0 Å². The summed E-state index contributed by atoms with van der Waals surface area (Å²) < 4.78 is 38.1. The number of hydrogen-bond donors (Lipinski definition) is 0. The maximum atomic E-state index is 12.7. The second-order valence-electron chi connectivity index (χ2n) is 6.28. The van der Waals surface area contributed by atoms with Crippen LogP contribution < -0.4 is 0 Å². The number of allylic oxidation sites excluding steroid dienone is 2. The highest BCUT2D eigenvalue weighted by Crippen LogP contribution is 2.42. The molecule has 0 spiro atoms. The molecule has 1 aromatic rings. The predicted octanol–water partition coefficient (Wildman–Crippen LogP) is 5.82. The lowest BCUT2D eigenvalue weighted by atomic mass is 9.75. The molecule has 0 aliphatic heterocycles. The van der Waals surface area contributed by atoms with Gasteiger partial charge >= 0.3 is 6.18 Å². The Balaban J connectivity index is 2.39. The summed E-state index contributed by atoms with van der Waals surface area (Å²) in [6.45, 7) is 5.99. The summed E-state index contributed by atoms with van der Waals surface area (Å²) >= 11 is 6.25. The molecule has 1 aromatic carbocycles. The van der Waals surface area contributed by atoms with Crippen molar-refractivity contribution in [1.82, 2.24) is 0 Å². The van der Waals surface area contributed by atoms with Gasteiger partial charge in [0, 0.05) is 0 Å². The van der Waals surface area contributed by atoms with E-state index in [1.807, 2.05) is 6.08 Å². The Labute approximate surface area is 122 Å². The Morgan fingerprint density at radius 3 is 2.40 bits per heavy atom. The van der Waals surface area contributed by atoms with Gasteiger partial charge in [0.15, 0.2) is 0 Å². The average Bonchev–Trinajstić information content (AvgIpc) is 2.24. The number of halogens is 4. The minimum absolute atomic E-state index is 0.0598. The first-order valence-electron chi connectivity index (χ1n) is 6.61. The van der Waals surface area contributed by atoms with Crippen LogP contribution in [0, 0.1) is 12.3 Å². The van der Waals surface area contributed by atoms with Gasteiger partial charge in [-0.1, -0.05) is 26.0 Å². The molecule has 1 atom stereocenters. The van der Waals surface area contributed by atoms with Crippen molar-refractivity contribution < 1.29 is 13.2 Å². The molecule has 0 saturated heterocycles. The lowest BCUT2D eigenvalue weighted by Gasteiger charge is -2.33. The monoisotopic (exact) mass is 302 g/mol. The van der Waals surface area contributed by atoms with Crippen molar-refractivity contribution in [3.8, 4) is 0 Å². The SMILES string of the molecule is Cc1cc(C(F)(F)F)ccc1C1=CC(Cl)CC(C)(C)C1. The Morgan fingerprint density at radius 2 is 1.90 bits per heavy atom. The third-order valence-electron chi connectivity index (χ3n) is 3.70. The van der Waals surface area contributed by atoms with E-state index in [-0.39, 0.29) is 10.8 Å². The van der Waals surface area contributed by atoms with Crippen LogP contribution in [0.25, 0.3) is 5.57 Å². The zero-order valence-corrected chi connectivity index (χ0v) is 12.6. The fraction of sp³-hybridized carbons (Fsp3) is 0.500. The van der Waals surface area contributed by atoms with Gasteiger partial charge < -0.3 is 0 Å². The predicted molar refractivity (Wildman–Crippen MR) is 76.8 cm³/mol. The molecular weight excluding hydrogens is 285 g/mol. The minimum atomic E-state index is -4.29. The van der Waals surface area contributed by atoms with Gasteiger partial charge in [-0.3, -0.25) is 0 Å². The van der Waals surface area contributed by atoms with Crippen LogP contribution in [-0.2, 0) is 6.18 Å². The van der Waals surface area contributed by atoms with Gasteiger partial charge in [0.2, 0.25) is 0 Å². The van der Waals surface area contributed by atoms with E-state index in [4.69, 9.17) is 11.6 Å². The number of benzene rings is 1. The average molecular weight is 303 g/mol. The maximum Gasteiger partial charge on any atom is 0.416 e. The first-order valence-corrected chi connectivity index (χ1v) is 7.05. The first-order chi connectivity index (χ1) is 9.08. The van der Waals surface area contributed by atoms with Gasteiger partial charge in [-0.25, -0.2) is 0 Å². The first kappa shape index (κ1) is 15.4. The third kappa shape index (κ3) is 3.38. The molecule has 20 heavy (non-hydrogen) atoms. The van der Waals surface area contributed by atoms with Crippen molar-refractivity contribution in [2.24, 2.45) is 5.41 Å². The summed E-state index contributed by atoms with van der Waals surface area (Å²) in [6.07, 6.45) is -0.596. The molecule has 0 N–H and O–H groups in total. The smallest absolute Gasteiger partial charge is 0.166 e. The summed E-state index contributed by atoms with van der Waals surface area (Å²) in [6, 6.07) is 3.92. The van der Waals surface area contributed by atoms with Crippen LogP contribution in [0.1, 0.15) is 43.4 Å². The second-order valence-corrected chi connectivity index (χ2v) is 6.84. The van der Waals surface area contributed by atoms with Gasteiger partial charge in [-0.05, 0) is 54.0 Å². The van der Waals surface area contributed by atoms with Crippen molar-refractivity contribution in [1.29, 1.82) is 0 Å². The van der Waals surface area contributed by atoms with E-state index in [0.717, 1.165) is 30.0 Å². The topological polar surface area (TPSA) is 0 Å². The molecule has 2 rings (SSSR count). The third-order valence-corrected chi connectivity index (χ3v) is 3.98. The zero-order valence-electron chi connectivity index (χ0n) is 11.8. The number of hydrogen-bond acceptors (Lipinski definition) is 0. The van der Waals surface area contributed by atoms with Gasteiger partial charge in [-0.15, -0.1) is 11.6 Å². The van der Waals surface area contributed by atoms with Crippen LogP contribution in [0.5, 0.6) is 0 Å². The van der Waals surface area contributed by atoms with Crippen molar-refractivity contribution in [3.63, 3.8) is 0 Å². The Hall–Kier alpha value is -0.960. The van der Waals surface area contributed by atoms with Crippen LogP contribution in [0.3, 0.4) is 0 Å². The molecule has 4 heteroatoms. The van der Waals surface area contributed by atoms with Gasteiger partial charge in [-0.2, -0.15) is 13.2 Å². The molecule has 0 heterocycles. The highest BCUT2D eigenvalue weighted by atomic mass is 35.5. The summed E-state index contributed by atoms with van der Waals surface area (Å²) in [5.41, 5.74) is 2.04. The van der Waals surface area contributed by atoms with Crippen LogP contribution in [0.15, 0.2) is 24.3 Å². The molecule has 0 radical (unpaired) electrons. The van der Waals surface area contributed by atoms with E-state index in [9.17, 15) is 13.2 Å².